The molecular weight excluding hydrogens is 666 g/mol. The fourth-order valence-corrected chi connectivity index (χ4v) is 8.72. The number of alkyl halides is 2. The van der Waals surface area contributed by atoms with E-state index in [4.69, 9.17) is 27.9 Å². The lowest BCUT2D eigenvalue weighted by Crippen LogP contribution is -2.60. The molecule has 1 saturated carbocycles. The number of phenols is 1. The number of aromatic carboxylic acids is 1. The molecule has 0 unspecified atom stereocenters. The molecule has 0 aromatic heterocycles. The average Bonchev–Trinajstić information content (AvgIpc) is 3.40. The minimum Gasteiger partial charge on any atom is -0.504 e. The van der Waals surface area contributed by atoms with E-state index in [1.54, 1.807) is 13.0 Å². The van der Waals surface area contributed by atoms with E-state index >= 15 is 0 Å². The van der Waals surface area contributed by atoms with E-state index in [1.165, 1.54) is 54.6 Å². The zero-order valence-corrected chi connectivity index (χ0v) is 26.7. The predicted octanol–water partition coefficient (Wildman–Crippen LogP) is 5.40. The number of amides is 4. The Morgan fingerprint density at radius 2 is 1.67 bits per heavy atom. The van der Waals surface area contributed by atoms with Gasteiger partial charge in [-0.15, -0.1) is 23.2 Å². The Morgan fingerprint density at radius 3 is 2.35 bits per heavy atom. The highest BCUT2D eigenvalue weighted by Gasteiger charge is 2.76. The largest absolute Gasteiger partial charge is 0.504 e. The molecule has 2 saturated heterocycles. The summed E-state index contributed by atoms with van der Waals surface area (Å²) in [5.74, 6) is -8.62. The van der Waals surface area contributed by atoms with Crippen molar-refractivity contribution in [1.82, 2.24) is 0 Å². The number of benzene rings is 3. The summed E-state index contributed by atoms with van der Waals surface area (Å²) in [4.78, 5) is 66.1. The van der Waals surface area contributed by atoms with Gasteiger partial charge in [-0.1, -0.05) is 23.8 Å². The number of allylic oxidation sites excluding steroid dienone is 2. The first-order valence-electron chi connectivity index (χ1n) is 15.2. The highest BCUT2D eigenvalue weighted by atomic mass is 35.5. The van der Waals surface area contributed by atoms with Crippen LogP contribution in [0.1, 0.15) is 41.6 Å². The highest BCUT2D eigenvalue weighted by molar-refractivity contribution is 6.58. The molecule has 10 nitrogen and oxygen atoms in total. The third-order valence-electron chi connectivity index (χ3n) is 9.86. The van der Waals surface area contributed by atoms with Gasteiger partial charge < -0.3 is 14.9 Å². The van der Waals surface area contributed by atoms with Crippen LogP contribution in [0, 0.1) is 23.6 Å². The van der Waals surface area contributed by atoms with Crippen molar-refractivity contribution >= 4 is 64.2 Å². The molecule has 0 radical (unpaired) electrons. The van der Waals surface area contributed by atoms with Gasteiger partial charge in [0.1, 0.15) is 5.82 Å². The summed E-state index contributed by atoms with van der Waals surface area (Å²) in [6, 6.07) is 14.6. The minimum absolute atomic E-state index is 0.0479. The molecule has 2 heterocycles. The van der Waals surface area contributed by atoms with E-state index in [1.807, 2.05) is 0 Å². The third kappa shape index (κ3) is 4.33. The molecule has 3 aromatic rings. The lowest BCUT2D eigenvalue weighted by atomic mass is 9.56. The van der Waals surface area contributed by atoms with E-state index in [-0.39, 0.29) is 47.9 Å². The van der Waals surface area contributed by atoms with Crippen LogP contribution in [0.4, 0.5) is 15.8 Å². The maximum atomic E-state index is 14.5. The van der Waals surface area contributed by atoms with Crippen molar-refractivity contribution in [2.75, 3.05) is 16.4 Å². The number of ether oxygens (including phenoxy) is 1. The molecule has 7 rings (SSSR count). The number of hydrogen-bond donors (Lipinski definition) is 2. The Morgan fingerprint density at radius 1 is 0.938 bits per heavy atom. The minimum atomic E-state index is -2.16. The first-order chi connectivity index (χ1) is 22.8. The van der Waals surface area contributed by atoms with Gasteiger partial charge >= 0.3 is 5.97 Å². The highest BCUT2D eigenvalue weighted by Crippen LogP contribution is 2.66. The molecule has 2 N–H and O–H groups in total. The van der Waals surface area contributed by atoms with Gasteiger partial charge in [0.15, 0.2) is 21.2 Å². The van der Waals surface area contributed by atoms with Crippen LogP contribution < -0.4 is 14.5 Å². The molecule has 13 heteroatoms. The number of nitrogens with zero attached hydrogens (tertiary/aromatic N) is 2. The molecule has 4 aliphatic rings. The summed E-state index contributed by atoms with van der Waals surface area (Å²) in [6.45, 7) is 1.92. The Hall–Kier alpha value is -4.74. The lowest BCUT2D eigenvalue weighted by molar-refractivity contribution is -0.125. The Kier molecular flexibility index (Phi) is 7.41. The van der Waals surface area contributed by atoms with E-state index < -0.39 is 68.8 Å². The molecule has 48 heavy (non-hydrogen) atoms. The normalized spacial score (nSPS) is 29.4. The van der Waals surface area contributed by atoms with Gasteiger partial charge in [-0.3, -0.25) is 24.1 Å². The van der Waals surface area contributed by atoms with Crippen molar-refractivity contribution < 1.29 is 43.3 Å². The predicted molar refractivity (Wildman–Crippen MR) is 172 cm³/mol. The SMILES string of the molecule is CCOc1cc([C@H]2C3=CC[C@@H]4C(=O)N(c5cccc(C(=O)O)c5)C(=O)[C@@H]4[C@@H]3C[C@@]3(Cl)C(=O)N(c4ccc(F)cc4)C(=O)[C@@]23Cl)ccc1O. The lowest BCUT2D eigenvalue weighted by Gasteiger charge is -2.50. The second-order valence-corrected chi connectivity index (χ2v) is 13.5. The quantitative estimate of drug-likeness (QED) is 0.199. The van der Waals surface area contributed by atoms with Crippen LogP contribution in [-0.2, 0) is 19.2 Å². The number of hydrogen-bond acceptors (Lipinski definition) is 7. The van der Waals surface area contributed by atoms with E-state index in [2.05, 4.69) is 0 Å². The average molecular weight is 694 g/mol. The summed E-state index contributed by atoms with van der Waals surface area (Å²) in [5.41, 5.74) is 0.914. The van der Waals surface area contributed by atoms with Gasteiger partial charge in [-0.05, 0) is 85.8 Å². The number of halogens is 3. The Labute approximate surface area is 283 Å². The smallest absolute Gasteiger partial charge is 0.335 e. The summed E-state index contributed by atoms with van der Waals surface area (Å²) in [5, 5.41) is 20.0. The van der Waals surface area contributed by atoms with Crippen molar-refractivity contribution in [2.24, 2.45) is 17.8 Å². The van der Waals surface area contributed by atoms with Crippen molar-refractivity contribution in [3.63, 3.8) is 0 Å². The Balaban J connectivity index is 1.39. The van der Waals surface area contributed by atoms with E-state index in [0.717, 1.165) is 21.9 Å². The van der Waals surface area contributed by atoms with Crippen LogP contribution in [0.2, 0.25) is 0 Å². The molecular formula is C35H27Cl2FN2O8. The van der Waals surface area contributed by atoms with Crippen LogP contribution in [0.15, 0.2) is 78.4 Å². The number of fused-ring (bicyclic) bond motifs is 4. The van der Waals surface area contributed by atoms with E-state index in [9.17, 15) is 38.6 Å². The standard InChI is InChI=1S/C35H27Cl2FN2O8/c1-2-48-26-15-17(6-13-25(26)41)28-22-11-12-23-27(30(43)39(29(23)42)21-5-3-4-18(14-21)31(44)45)24(22)16-34(36)32(46)40(33(47)35(28,34)37)20-9-7-19(38)8-10-20/h3-11,13-15,23-24,27-28,41H,2,12,16H2,1H3,(H,44,45)/t23-,24+,27-,28-,34+,35-/m0/s1. The number of imide groups is 2. The monoisotopic (exact) mass is 692 g/mol. The van der Waals surface area contributed by atoms with Gasteiger partial charge in [-0.25, -0.2) is 14.1 Å². The zero-order valence-electron chi connectivity index (χ0n) is 25.2. The first kappa shape index (κ1) is 31.8. The van der Waals surface area contributed by atoms with Crippen molar-refractivity contribution in [1.29, 1.82) is 0 Å². The van der Waals surface area contributed by atoms with Gasteiger partial charge in [-0.2, -0.15) is 0 Å². The number of anilines is 2. The van der Waals surface area contributed by atoms with Crippen LogP contribution >= 0.6 is 23.2 Å². The van der Waals surface area contributed by atoms with Crippen LogP contribution in [0.3, 0.4) is 0 Å². The maximum absolute atomic E-state index is 14.5. The third-order valence-corrected chi connectivity index (χ3v) is 11.3. The number of carbonyl (C=O) groups is 5. The van der Waals surface area contributed by atoms with Crippen molar-refractivity contribution in [2.45, 2.75) is 35.4 Å². The van der Waals surface area contributed by atoms with Crippen LogP contribution in [-0.4, -0.2) is 56.2 Å². The number of carbonyl (C=O) groups excluding carboxylic acids is 4. The Bertz CT molecular complexity index is 1970. The second-order valence-electron chi connectivity index (χ2n) is 12.3. The van der Waals surface area contributed by atoms with Crippen molar-refractivity contribution in [3.05, 3.63) is 95.3 Å². The molecule has 0 spiro atoms. The summed E-state index contributed by atoms with van der Waals surface area (Å²) in [7, 11) is 0. The number of phenolic OH excluding ortho intramolecular Hbond substituents is 1. The summed E-state index contributed by atoms with van der Waals surface area (Å²) < 4.78 is 19.5. The van der Waals surface area contributed by atoms with Crippen molar-refractivity contribution in [3.8, 4) is 11.5 Å². The summed E-state index contributed by atoms with van der Waals surface area (Å²) >= 11 is 14.7. The fourth-order valence-electron chi connectivity index (χ4n) is 7.79. The van der Waals surface area contributed by atoms with Crippen LogP contribution in [0.5, 0.6) is 11.5 Å². The molecule has 2 aliphatic carbocycles. The molecule has 3 aromatic carbocycles. The molecule has 6 atom stereocenters. The summed E-state index contributed by atoms with van der Waals surface area (Å²) in [6.07, 6.45) is 1.56. The zero-order chi connectivity index (χ0) is 34.3. The second kappa shape index (κ2) is 11.2. The number of carboxylic acid groups (broad SMARTS) is 1. The topological polar surface area (TPSA) is 142 Å². The van der Waals surface area contributed by atoms with Gasteiger partial charge in [0.05, 0.1) is 35.4 Å². The van der Waals surface area contributed by atoms with Gasteiger partial charge in [0.2, 0.25) is 11.8 Å². The number of aromatic hydroxyl groups is 1. The molecule has 3 fully saturated rings. The molecule has 4 amide bonds. The van der Waals surface area contributed by atoms with Gasteiger partial charge in [0.25, 0.3) is 11.8 Å². The fraction of sp³-hybridized carbons (Fsp3) is 0.286. The van der Waals surface area contributed by atoms with Crippen LogP contribution in [0.25, 0.3) is 0 Å². The molecule has 0 bridgehead atoms. The molecule has 246 valence electrons. The molecule has 2 aliphatic heterocycles. The first-order valence-corrected chi connectivity index (χ1v) is 16.0. The van der Waals surface area contributed by atoms with E-state index in [0.29, 0.717) is 11.1 Å². The number of carboxylic acids is 1. The van der Waals surface area contributed by atoms with Gasteiger partial charge in [0, 0.05) is 5.92 Å². The number of rotatable bonds is 6. The maximum Gasteiger partial charge on any atom is 0.335 e.